The lowest BCUT2D eigenvalue weighted by Gasteiger charge is -2.10. The van der Waals surface area contributed by atoms with E-state index in [4.69, 9.17) is 4.74 Å². The minimum atomic E-state index is 0.904. The van der Waals surface area contributed by atoms with E-state index in [9.17, 15) is 0 Å². The van der Waals surface area contributed by atoms with Crippen LogP contribution in [0.3, 0.4) is 0 Å². The minimum absolute atomic E-state index is 0.904. The van der Waals surface area contributed by atoms with Crippen molar-refractivity contribution in [3.05, 3.63) is 66.2 Å². The minimum Gasteiger partial charge on any atom is -0.497 e. The van der Waals surface area contributed by atoms with E-state index in [1.165, 1.54) is 37.9 Å². The van der Waals surface area contributed by atoms with Gasteiger partial charge in [0, 0.05) is 0 Å². The lowest BCUT2D eigenvalue weighted by atomic mass is 9.94. The number of rotatable bonds is 2. The van der Waals surface area contributed by atoms with Gasteiger partial charge in [-0.1, -0.05) is 55.5 Å². The number of methoxy groups -OCH3 is 1. The molecular formula is C21H18O. The molecule has 4 rings (SSSR count). The maximum atomic E-state index is 5.33. The van der Waals surface area contributed by atoms with Crippen molar-refractivity contribution in [3.63, 3.8) is 0 Å². The molecule has 0 saturated carbocycles. The summed E-state index contributed by atoms with van der Waals surface area (Å²) in [6, 6.07) is 21.9. The third-order valence-electron chi connectivity index (χ3n) is 4.55. The SMILES string of the molecule is CCc1cccc2c1ccc1c3ccc(OC)cc3ccc21. The van der Waals surface area contributed by atoms with E-state index in [0.717, 1.165) is 12.2 Å². The van der Waals surface area contributed by atoms with Crippen molar-refractivity contribution in [2.75, 3.05) is 7.11 Å². The van der Waals surface area contributed by atoms with Gasteiger partial charge in [-0.2, -0.15) is 0 Å². The molecule has 1 nitrogen and oxygen atoms in total. The van der Waals surface area contributed by atoms with Crippen LogP contribution >= 0.6 is 0 Å². The molecule has 0 unspecified atom stereocenters. The van der Waals surface area contributed by atoms with Gasteiger partial charge >= 0.3 is 0 Å². The summed E-state index contributed by atoms with van der Waals surface area (Å²) in [5.74, 6) is 0.904. The second kappa shape index (κ2) is 5.03. The highest BCUT2D eigenvalue weighted by atomic mass is 16.5. The van der Waals surface area contributed by atoms with E-state index >= 15 is 0 Å². The molecule has 0 atom stereocenters. The lowest BCUT2D eigenvalue weighted by Crippen LogP contribution is -1.87. The largest absolute Gasteiger partial charge is 0.497 e. The zero-order chi connectivity index (χ0) is 15.1. The third kappa shape index (κ3) is 1.86. The van der Waals surface area contributed by atoms with Gasteiger partial charge in [0.25, 0.3) is 0 Å². The van der Waals surface area contributed by atoms with Gasteiger partial charge in [0.1, 0.15) is 5.75 Å². The maximum absolute atomic E-state index is 5.33. The number of benzene rings is 4. The molecule has 0 aliphatic carbocycles. The van der Waals surface area contributed by atoms with Crippen molar-refractivity contribution in [1.82, 2.24) is 0 Å². The standard InChI is InChI=1S/C21H18O/c1-3-14-5-4-6-19-17(14)11-12-20-18-10-8-16(22-2)13-15(18)7-9-21(19)20/h4-13H,3H2,1-2H3. The molecule has 4 aromatic rings. The van der Waals surface area contributed by atoms with Crippen LogP contribution in [0.15, 0.2) is 60.7 Å². The molecular weight excluding hydrogens is 268 g/mol. The first-order chi connectivity index (χ1) is 10.8. The van der Waals surface area contributed by atoms with Gasteiger partial charge in [-0.25, -0.2) is 0 Å². The Morgan fingerprint density at radius 2 is 1.41 bits per heavy atom. The molecule has 0 amide bonds. The van der Waals surface area contributed by atoms with Crippen molar-refractivity contribution in [1.29, 1.82) is 0 Å². The molecule has 0 radical (unpaired) electrons. The Kier molecular flexibility index (Phi) is 3.00. The lowest BCUT2D eigenvalue weighted by molar-refractivity contribution is 0.415. The first kappa shape index (κ1) is 13.1. The van der Waals surface area contributed by atoms with Crippen LogP contribution in [0.1, 0.15) is 12.5 Å². The van der Waals surface area contributed by atoms with Gasteiger partial charge in [-0.3, -0.25) is 0 Å². The second-order valence-electron chi connectivity index (χ2n) is 5.68. The molecule has 0 aliphatic heterocycles. The molecule has 0 spiro atoms. The Hall–Kier alpha value is -2.54. The number of hydrogen-bond acceptors (Lipinski definition) is 1. The Bertz CT molecular complexity index is 999. The Balaban J connectivity index is 2.13. The van der Waals surface area contributed by atoms with Crippen LogP contribution in [0.2, 0.25) is 0 Å². The molecule has 22 heavy (non-hydrogen) atoms. The molecule has 0 bridgehead atoms. The molecule has 0 saturated heterocycles. The van der Waals surface area contributed by atoms with Gasteiger partial charge in [0.05, 0.1) is 7.11 Å². The fourth-order valence-corrected chi connectivity index (χ4v) is 3.39. The first-order valence-corrected chi connectivity index (χ1v) is 7.73. The van der Waals surface area contributed by atoms with Crippen LogP contribution in [-0.2, 0) is 6.42 Å². The van der Waals surface area contributed by atoms with E-state index in [0.29, 0.717) is 0 Å². The maximum Gasteiger partial charge on any atom is 0.119 e. The van der Waals surface area contributed by atoms with E-state index in [1.54, 1.807) is 7.11 Å². The Morgan fingerprint density at radius 3 is 2.23 bits per heavy atom. The number of fused-ring (bicyclic) bond motifs is 5. The van der Waals surface area contributed by atoms with Crippen molar-refractivity contribution < 1.29 is 4.74 Å². The van der Waals surface area contributed by atoms with Gasteiger partial charge in [0.2, 0.25) is 0 Å². The molecule has 4 aromatic carbocycles. The second-order valence-corrected chi connectivity index (χ2v) is 5.68. The van der Waals surface area contributed by atoms with Gasteiger partial charge < -0.3 is 4.74 Å². The number of ether oxygens (including phenoxy) is 1. The summed E-state index contributed by atoms with van der Waals surface area (Å²) >= 11 is 0. The summed E-state index contributed by atoms with van der Waals surface area (Å²) in [7, 11) is 1.71. The summed E-state index contributed by atoms with van der Waals surface area (Å²) in [5.41, 5.74) is 1.41. The van der Waals surface area contributed by atoms with Gasteiger partial charge in [0.15, 0.2) is 0 Å². The number of hydrogen-bond donors (Lipinski definition) is 0. The van der Waals surface area contributed by atoms with Crippen LogP contribution in [-0.4, -0.2) is 7.11 Å². The van der Waals surface area contributed by atoms with Gasteiger partial charge in [-0.05, 0) is 56.4 Å². The molecule has 0 N–H and O–H groups in total. The van der Waals surface area contributed by atoms with Crippen molar-refractivity contribution in [3.8, 4) is 5.75 Å². The van der Waals surface area contributed by atoms with Crippen molar-refractivity contribution in [2.45, 2.75) is 13.3 Å². The normalized spacial score (nSPS) is 11.4. The summed E-state index contributed by atoms with van der Waals surface area (Å²) < 4.78 is 5.33. The average Bonchev–Trinajstić information content (AvgIpc) is 2.59. The highest BCUT2D eigenvalue weighted by Gasteiger charge is 2.07. The fraction of sp³-hybridized carbons (Fsp3) is 0.143. The Labute approximate surface area is 130 Å². The first-order valence-electron chi connectivity index (χ1n) is 7.73. The molecule has 1 heteroatoms. The van der Waals surface area contributed by atoms with E-state index in [1.807, 2.05) is 6.07 Å². The molecule has 0 fully saturated rings. The van der Waals surface area contributed by atoms with Crippen LogP contribution in [0, 0.1) is 0 Å². The van der Waals surface area contributed by atoms with E-state index < -0.39 is 0 Å². The fourth-order valence-electron chi connectivity index (χ4n) is 3.39. The quantitative estimate of drug-likeness (QED) is 0.428. The average molecular weight is 286 g/mol. The molecule has 108 valence electrons. The summed E-state index contributed by atoms with van der Waals surface area (Å²) in [6.45, 7) is 2.21. The predicted molar refractivity (Wildman–Crippen MR) is 94.9 cm³/mol. The smallest absolute Gasteiger partial charge is 0.119 e. The van der Waals surface area contributed by atoms with Crippen molar-refractivity contribution in [2.24, 2.45) is 0 Å². The molecule has 0 aromatic heterocycles. The zero-order valence-electron chi connectivity index (χ0n) is 12.9. The monoisotopic (exact) mass is 286 g/mol. The highest BCUT2D eigenvalue weighted by Crippen LogP contribution is 2.33. The summed E-state index contributed by atoms with van der Waals surface area (Å²) in [6.07, 6.45) is 1.06. The van der Waals surface area contributed by atoms with E-state index in [-0.39, 0.29) is 0 Å². The zero-order valence-corrected chi connectivity index (χ0v) is 12.9. The van der Waals surface area contributed by atoms with Crippen LogP contribution in [0.5, 0.6) is 5.75 Å². The Morgan fingerprint density at radius 1 is 0.727 bits per heavy atom. The molecule has 0 aliphatic rings. The third-order valence-corrected chi connectivity index (χ3v) is 4.55. The number of aryl methyl sites for hydroxylation is 1. The van der Waals surface area contributed by atoms with Crippen LogP contribution in [0.4, 0.5) is 0 Å². The summed E-state index contributed by atoms with van der Waals surface area (Å²) in [4.78, 5) is 0. The van der Waals surface area contributed by atoms with E-state index in [2.05, 4.69) is 61.5 Å². The van der Waals surface area contributed by atoms with Crippen LogP contribution in [0.25, 0.3) is 32.3 Å². The summed E-state index contributed by atoms with van der Waals surface area (Å²) in [5, 5.41) is 7.84. The topological polar surface area (TPSA) is 9.23 Å². The highest BCUT2D eigenvalue weighted by molar-refractivity contribution is 6.17. The van der Waals surface area contributed by atoms with Crippen molar-refractivity contribution >= 4 is 32.3 Å². The van der Waals surface area contributed by atoms with Crippen LogP contribution < -0.4 is 4.74 Å². The molecule has 0 heterocycles. The predicted octanol–water partition coefficient (Wildman–Crippen LogP) is 5.72. The van der Waals surface area contributed by atoms with Gasteiger partial charge in [-0.15, -0.1) is 0 Å².